The van der Waals surface area contributed by atoms with Crippen LogP contribution in [0.4, 0.5) is 0 Å². The molecule has 0 fully saturated rings. The third-order valence-corrected chi connectivity index (χ3v) is 2.35. The summed E-state index contributed by atoms with van der Waals surface area (Å²) in [6.45, 7) is 9.37. The molecule has 15 heavy (non-hydrogen) atoms. The van der Waals surface area contributed by atoms with Crippen LogP contribution in [0.25, 0.3) is 11.6 Å². The minimum Gasteiger partial charge on any atom is -0.465 e. The number of carbonyl (C=O) groups excluding carboxylic acids is 1. The SMILES string of the molecule is C=Cc1cccc(C(=C)C(=O)OC)c1C. The van der Waals surface area contributed by atoms with Gasteiger partial charge in [-0.3, -0.25) is 0 Å². The van der Waals surface area contributed by atoms with Crippen molar-refractivity contribution in [3.8, 4) is 0 Å². The fourth-order valence-corrected chi connectivity index (χ4v) is 1.43. The minimum absolute atomic E-state index is 0.374. The molecular formula is C13H14O2. The topological polar surface area (TPSA) is 26.3 Å². The molecule has 78 valence electrons. The van der Waals surface area contributed by atoms with Crippen molar-refractivity contribution in [3.05, 3.63) is 48.0 Å². The predicted molar refractivity (Wildman–Crippen MR) is 62.3 cm³/mol. The summed E-state index contributed by atoms with van der Waals surface area (Å²) < 4.78 is 4.63. The number of esters is 1. The molecule has 0 aliphatic heterocycles. The lowest BCUT2D eigenvalue weighted by molar-refractivity contribution is -0.133. The van der Waals surface area contributed by atoms with Crippen LogP contribution in [-0.2, 0) is 9.53 Å². The highest BCUT2D eigenvalue weighted by atomic mass is 16.5. The van der Waals surface area contributed by atoms with E-state index in [0.29, 0.717) is 5.57 Å². The van der Waals surface area contributed by atoms with Gasteiger partial charge in [0.2, 0.25) is 0 Å². The second-order valence-corrected chi connectivity index (χ2v) is 3.19. The van der Waals surface area contributed by atoms with Crippen molar-refractivity contribution >= 4 is 17.6 Å². The summed E-state index contributed by atoms with van der Waals surface area (Å²) >= 11 is 0. The van der Waals surface area contributed by atoms with Crippen molar-refractivity contribution in [2.24, 2.45) is 0 Å². The number of hydrogen-bond donors (Lipinski definition) is 0. The standard InChI is InChI=1S/C13H14O2/c1-5-11-7-6-8-12(9(11)2)10(3)13(14)15-4/h5-8H,1,3H2,2,4H3. The van der Waals surface area contributed by atoms with Crippen molar-refractivity contribution in [2.45, 2.75) is 6.92 Å². The van der Waals surface area contributed by atoms with Gasteiger partial charge in [0.15, 0.2) is 0 Å². The zero-order valence-corrected chi connectivity index (χ0v) is 9.04. The zero-order chi connectivity index (χ0) is 11.4. The molecule has 0 radical (unpaired) electrons. The largest absolute Gasteiger partial charge is 0.465 e. The Hall–Kier alpha value is -1.83. The molecule has 0 spiro atoms. The number of benzene rings is 1. The Bertz CT molecular complexity index is 417. The van der Waals surface area contributed by atoms with Crippen LogP contribution in [-0.4, -0.2) is 13.1 Å². The monoisotopic (exact) mass is 202 g/mol. The molecule has 0 unspecified atom stereocenters. The van der Waals surface area contributed by atoms with Crippen LogP contribution in [0.15, 0.2) is 31.4 Å². The van der Waals surface area contributed by atoms with Crippen molar-refractivity contribution in [1.82, 2.24) is 0 Å². The van der Waals surface area contributed by atoms with Gasteiger partial charge >= 0.3 is 5.97 Å². The number of carbonyl (C=O) groups is 1. The third kappa shape index (κ3) is 2.15. The first-order valence-electron chi connectivity index (χ1n) is 4.61. The Morgan fingerprint density at radius 2 is 2.13 bits per heavy atom. The lowest BCUT2D eigenvalue weighted by atomic mass is 9.97. The highest BCUT2D eigenvalue weighted by molar-refractivity contribution is 6.16. The molecule has 0 N–H and O–H groups in total. The second kappa shape index (κ2) is 4.60. The van der Waals surface area contributed by atoms with Gasteiger partial charge in [-0.2, -0.15) is 0 Å². The van der Waals surface area contributed by atoms with Crippen LogP contribution in [0, 0.1) is 6.92 Å². The maximum Gasteiger partial charge on any atom is 0.337 e. The van der Waals surface area contributed by atoms with Crippen LogP contribution in [0.1, 0.15) is 16.7 Å². The van der Waals surface area contributed by atoms with E-state index in [0.717, 1.165) is 16.7 Å². The van der Waals surface area contributed by atoms with Gasteiger partial charge in [0.05, 0.1) is 12.7 Å². The van der Waals surface area contributed by atoms with Crippen molar-refractivity contribution in [1.29, 1.82) is 0 Å². The summed E-state index contributed by atoms with van der Waals surface area (Å²) in [4.78, 5) is 11.3. The van der Waals surface area contributed by atoms with Gasteiger partial charge in [-0.1, -0.05) is 37.4 Å². The lowest BCUT2D eigenvalue weighted by Crippen LogP contribution is -2.04. The first-order valence-corrected chi connectivity index (χ1v) is 4.61. The van der Waals surface area contributed by atoms with E-state index in [4.69, 9.17) is 0 Å². The van der Waals surface area contributed by atoms with Gasteiger partial charge in [-0.05, 0) is 23.6 Å². The minimum atomic E-state index is -0.403. The number of hydrogen-bond acceptors (Lipinski definition) is 2. The molecule has 2 nitrogen and oxygen atoms in total. The number of ether oxygens (including phenoxy) is 1. The average Bonchev–Trinajstić information content (AvgIpc) is 2.27. The molecular weight excluding hydrogens is 188 g/mol. The summed E-state index contributed by atoms with van der Waals surface area (Å²) in [7, 11) is 1.35. The second-order valence-electron chi connectivity index (χ2n) is 3.19. The van der Waals surface area contributed by atoms with E-state index in [-0.39, 0.29) is 0 Å². The van der Waals surface area contributed by atoms with Crippen LogP contribution < -0.4 is 0 Å². The molecule has 0 amide bonds. The summed E-state index contributed by atoms with van der Waals surface area (Å²) in [6.07, 6.45) is 1.75. The van der Waals surface area contributed by atoms with E-state index in [2.05, 4.69) is 17.9 Å². The highest BCUT2D eigenvalue weighted by Gasteiger charge is 2.12. The van der Waals surface area contributed by atoms with E-state index < -0.39 is 5.97 Å². The molecule has 0 saturated heterocycles. The maximum absolute atomic E-state index is 11.3. The normalized spacial score (nSPS) is 9.47. The average molecular weight is 202 g/mol. The molecule has 0 atom stereocenters. The van der Waals surface area contributed by atoms with Gasteiger partial charge in [0.1, 0.15) is 0 Å². The Labute approximate surface area is 89.9 Å². The Morgan fingerprint density at radius 1 is 1.47 bits per heavy atom. The molecule has 0 aliphatic carbocycles. The third-order valence-electron chi connectivity index (χ3n) is 2.35. The smallest absolute Gasteiger partial charge is 0.337 e. The van der Waals surface area contributed by atoms with Crippen molar-refractivity contribution in [2.75, 3.05) is 7.11 Å². The zero-order valence-electron chi connectivity index (χ0n) is 9.04. The van der Waals surface area contributed by atoms with E-state index in [1.54, 1.807) is 6.08 Å². The van der Waals surface area contributed by atoms with Crippen molar-refractivity contribution in [3.63, 3.8) is 0 Å². The van der Waals surface area contributed by atoms with E-state index in [9.17, 15) is 4.79 Å². The Kier molecular flexibility index (Phi) is 3.45. The van der Waals surface area contributed by atoms with Crippen LogP contribution in [0.2, 0.25) is 0 Å². The molecule has 0 bridgehead atoms. The van der Waals surface area contributed by atoms with Crippen LogP contribution in [0.3, 0.4) is 0 Å². The van der Waals surface area contributed by atoms with Gasteiger partial charge in [0.25, 0.3) is 0 Å². The van der Waals surface area contributed by atoms with Gasteiger partial charge < -0.3 is 4.74 Å². The molecule has 2 heteroatoms. The predicted octanol–water partition coefficient (Wildman–Crippen LogP) is 2.82. The molecule has 0 aromatic heterocycles. The Morgan fingerprint density at radius 3 is 2.67 bits per heavy atom. The maximum atomic E-state index is 11.3. The van der Waals surface area contributed by atoms with E-state index >= 15 is 0 Å². The molecule has 1 aromatic carbocycles. The molecule has 0 heterocycles. The van der Waals surface area contributed by atoms with E-state index in [1.165, 1.54) is 7.11 Å². The summed E-state index contributed by atoms with van der Waals surface area (Å²) in [5, 5.41) is 0. The van der Waals surface area contributed by atoms with E-state index in [1.807, 2.05) is 25.1 Å². The fraction of sp³-hybridized carbons (Fsp3) is 0.154. The summed E-state index contributed by atoms with van der Waals surface area (Å²) in [5.74, 6) is -0.403. The quantitative estimate of drug-likeness (QED) is 0.556. The molecule has 0 saturated carbocycles. The lowest BCUT2D eigenvalue weighted by Gasteiger charge is -2.09. The first-order chi connectivity index (χ1) is 7.11. The van der Waals surface area contributed by atoms with Gasteiger partial charge in [0, 0.05) is 0 Å². The van der Waals surface area contributed by atoms with Crippen LogP contribution >= 0.6 is 0 Å². The molecule has 1 aromatic rings. The number of rotatable bonds is 3. The first kappa shape index (κ1) is 11.2. The molecule has 1 rings (SSSR count). The Balaban J connectivity index is 3.21. The van der Waals surface area contributed by atoms with Gasteiger partial charge in [-0.15, -0.1) is 0 Å². The fourth-order valence-electron chi connectivity index (χ4n) is 1.43. The summed E-state index contributed by atoms with van der Waals surface area (Å²) in [5.41, 5.74) is 3.17. The number of methoxy groups -OCH3 is 1. The molecule has 0 aliphatic rings. The highest BCUT2D eigenvalue weighted by Crippen LogP contribution is 2.22. The van der Waals surface area contributed by atoms with Gasteiger partial charge in [-0.25, -0.2) is 4.79 Å². The summed E-state index contributed by atoms with van der Waals surface area (Å²) in [6, 6.07) is 5.66. The van der Waals surface area contributed by atoms with Crippen LogP contribution in [0.5, 0.6) is 0 Å². The van der Waals surface area contributed by atoms with Crippen molar-refractivity contribution < 1.29 is 9.53 Å².